The summed E-state index contributed by atoms with van der Waals surface area (Å²) in [6.07, 6.45) is 1.35. The molecule has 2 N–H and O–H groups in total. The smallest absolute Gasteiger partial charge is 0.309 e. The van der Waals surface area contributed by atoms with Crippen molar-refractivity contribution in [3.05, 3.63) is 47.3 Å². The Morgan fingerprint density at radius 1 is 1.21 bits per heavy atom. The van der Waals surface area contributed by atoms with Crippen molar-refractivity contribution in [1.82, 2.24) is 14.9 Å². The molecule has 1 aromatic carbocycles. The minimum Gasteiger partial charge on any atom is -0.497 e. The molecule has 0 aliphatic carbocycles. The summed E-state index contributed by atoms with van der Waals surface area (Å²) in [5, 5.41) is 6.82. The van der Waals surface area contributed by atoms with Gasteiger partial charge < -0.3 is 15.4 Å². The largest absolute Gasteiger partial charge is 0.497 e. The van der Waals surface area contributed by atoms with E-state index >= 15 is 0 Å². The van der Waals surface area contributed by atoms with Gasteiger partial charge >= 0.3 is 11.8 Å². The van der Waals surface area contributed by atoms with E-state index in [9.17, 15) is 18.0 Å². The van der Waals surface area contributed by atoms with Gasteiger partial charge in [-0.15, -0.1) is 11.3 Å². The van der Waals surface area contributed by atoms with E-state index in [2.05, 4.69) is 10.6 Å². The van der Waals surface area contributed by atoms with Gasteiger partial charge in [0.05, 0.1) is 7.11 Å². The van der Waals surface area contributed by atoms with Crippen LogP contribution in [0.3, 0.4) is 0 Å². The van der Waals surface area contributed by atoms with E-state index in [-0.39, 0.29) is 23.3 Å². The Balaban J connectivity index is 1.52. The van der Waals surface area contributed by atoms with Crippen LogP contribution in [0.4, 0.5) is 0 Å². The normalized spacial score (nSPS) is 17.1. The molecule has 1 atom stereocenters. The van der Waals surface area contributed by atoms with Crippen LogP contribution in [0.15, 0.2) is 46.0 Å². The van der Waals surface area contributed by atoms with Gasteiger partial charge in [-0.1, -0.05) is 18.2 Å². The zero-order chi connectivity index (χ0) is 20.9. The second-order valence-electron chi connectivity index (χ2n) is 6.59. The number of hydrogen-bond donors (Lipinski definition) is 2. The fourth-order valence-electron chi connectivity index (χ4n) is 3.19. The maximum Gasteiger partial charge on any atom is 0.309 e. The van der Waals surface area contributed by atoms with Crippen molar-refractivity contribution in [2.75, 3.05) is 20.2 Å². The Morgan fingerprint density at radius 3 is 2.72 bits per heavy atom. The van der Waals surface area contributed by atoms with Crippen molar-refractivity contribution >= 4 is 33.2 Å². The van der Waals surface area contributed by atoms with Gasteiger partial charge in [0.2, 0.25) is 0 Å². The van der Waals surface area contributed by atoms with Crippen LogP contribution in [0.1, 0.15) is 18.4 Å². The van der Waals surface area contributed by atoms with Crippen LogP contribution in [0.5, 0.6) is 5.75 Å². The summed E-state index contributed by atoms with van der Waals surface area (Å²) < 4.78 is 32.3. The Kier molecular flexibility index (Phi) is 6.88. The summed E-state index contributed by atoms with van der Waals surface area (Å²) in [6, 6.07) is 10.1. The number of hydrogen-bond acceptors (Lipinski definition) is 6. The minimum absolute atomic E-state index is 0.0933. The first-order chi connectivity index (χ1) is 13.9. The quantitative estimate of drug-likeness (QED) is 0.636. The second-order valence-corrected chi connectivity index (χ2v) is 9.65. The molecule has 2 amide bonds. The van der Waals surface area contributed by atoms with Gasteiger partial charge in [-0.05, 0) is 42.0 Å². The summed E-state index contributed by atoms with van der Waals surface area (Å²) in [5.74, 6) is -0.888. The van der Waals surface area contributed by atoms with Crippen LogP contribution in [-0.4, -0.2) is 50.8 Å². The molecule has 1 aliphatic rings. The zero-order valence-electron chi connectivity index (χ0n) is 16.0. The molecule has 2 heterocycles. The molecule has 156 valence electrons. The molecule has 29 heavy (non-hydrogen) atoms. The number of benzene rings is 1. The average molecular weight is 438 g/mol. The first-order valence-electron chi connectivity index (χ1n) is 9.16. The maximum absolute atomic E-state index is 12.7. The highest BCUT2D eigenvalue weighted by Crippen LogP contribution is 2.28. The standard InChI is InChI=1S/C19H23N3O5S2/c1-27-16-7-2-5-14(11-16)12-20-18(23)19(24)21-13-15-6-3-9-22(15)29(25,26)17-8-4-10-28-17/h2,4-5,7-8,10-11,15H,3,6,9,12-13H2,1H3,(H,20,23)(H,21,24)/t15-/m0/s1. The fraction of sp³-hybridized carbons (Fsp3) is 0.368. The first kappa shape index (κ1) is 21.3. The third-order valence-corrected chi connectivity index (χ3v) is 8.00. The summed E-state index contributed by atoms with van der Waals surface area (Å²) in [7, 11) is -2.03. The van der Waals surface area contributed by atoms with E-state index < -0.39 is 21.8 Å². The molecular weight excluding hydrogens is 414 g/mol. The van der Waals surface area contributed by atoms with Crippen molar-refractivity contribution < 1.29 is 22.7 Å². The molecule has 0 spiro atoms. The summed E-state index contributed by atoms with van der Waals surface area (Å²) in [5.41, 5.74) is 0.800. The fourth-order valence-corrected chi connectivity index (χ4v) is 6.00. The number of ether oxygens (including phenoxy) is 1. The molecule has 8 nitrogen and oxygen atoms in total. The molecule has 1 saturated heterocycles. The van der Waals surface area contributed by atoms with E-state index in [0.29, 0.717) is 25.1 Å². The molecule has 0 unspecified atom stereocenters. The predicted molar refractivity (Wildman–Crippen MR) is 109 cm³/mol. The lowest BCUT2D eigenvalue weighted by molar-refractivity contribution is -0.139. The van der Waals surface area contributed by atoms with Crippen molar-refractivity contribution in [2.24, 2.45) is 0 Å². The lowest BCUT2D eigenvalue weighted by Gasteiger charge is -2.23. The van der Waals surface area contributed by atoms with Crippen molar-refractivity contribution in [1.29, 1.82) is 0 Å². The van der Waals surface area contributed by atoms with Crippen LogP contribution >= 0.6 is 11.3 Å². The Labute approximate surface area is 173 Å². The summed E-state index contributed by atoms with van der Waals surface area (Å²) in [4.78, 5) is 24.2. The monoisotopic (exact) mass is 437 g/mol. The third-order valence-electron chi connectivity index (χ3n) is 4.67. The van der Waals surface area contributed by atoms with Crippen LogP contribution < -0.4 is 15.4 Å². The highest BCUT2D eigenvalue weighted by Gasteiger charge is 2.36. The van der Waals surface area contributed by atoms with Crippen molar-refractivity contribution in [3.8, 4) is 5.75 Å². The predicted octanol–water partition coefficient (Wildman–Crippen LogP) is 1.34. The van der Waals surface area contributed by atoms with Gasteiger partial charge in [-0.3, -0.25) is 9.59 Å². The number of carbonyl (C=O) groups is 2. The van der Waals surface area contributed by atoms with E-state index in [0.717, 1.165) is 5.56 Å². The summed E-state index contributed by atoms with van der Waals surface area (Å²) >= 11 is 1.17. The number of thiophene rings is 1. The molecular formula is C19H23N3O5S2. The number of sulfonamides is 1. The highest BCUT2D eigenvalue weighted by atomic mass is 32.2. The molecule has 10 heteroatoms. The van der Waals surface area contributed by atoms with Crippen molar-refractivity contribution in [2.45, 2.75) is 29.6 Å². The highest BCUT2D eigenvalue weighted by molar-refractivity contribution is 7.91. The molecule has 1 fully saturated rings. The van der Waals surface area contributed by atoms with E-state index in [1.807, 2.05) is 6.07 Å². The first-order valence-corrected chi connectivity index (χ1v) is 11.5. The number of rotatable bonds is 7. The minimum atomic E-state index is -3.58. The molecule has 0 radical (unpaired) electrons. The maximum atomic E-state index is 12.7. The molecule has 3 rings (SSSR count). The van der Waals surface area contributed by atoms with Gasteiger partial charge in [0.25, 0.3) is 10.0 Å². The van der Waals surface area contributed by atoms with Crippen LogP contribution in [-0.2, 0) is 26.2 Å². The molecule has 0 saturated carbocycles. The number of amides is 2. The lowest BCUT2D eigenvalue weighted by atomic mass is 10.2. The van der Waals surface area contributed by atoms with Crippen LogP contribution in [0.25, 0.3) is 0 Å². The number of nitrogens with one attached hydrogen (secondary N) is 2. The second kappa shape index (κ2) is 9.38. The summed E-state index contributed by atoms with van der Waals surface area (Å²) in [6.45, 7) is 0.685. The van der Waals surface area contributed by atoms with Crippen LogP contribution in [0.2, 0.25) is 0 Å². The number of nitrogens with zero attached hydrogens (tertiary/aromatic N) is 1. The van der Waals surface area contributed by atoms with Gasteiger partial charge in [0, 0.05) is 25.7 Å². The lowest BCUT2D eigenvalue weighted by Crippen LogP contribution is -2.46. The Bertz CT molecular complexity index is 960. The average Bonchev–Trinajstić information content (AvgIpc) is 3.43. The third kappa shape index (κ3) is 5.14. The van der Waals surface area contributed by atoms with Crippen molar-refractivity contribution in [3.63, 3.8) is 0 Å². The van der Waals surface area contributed by atoms with E-state index in [1.54, 1.807) is 42.8 Å². The van der Waals surface area contributed by atoms with Gasteiger partial charge in [0.1, 0.15) is 9.96 Å². The Hall–Kier alpha value is -2.43. The van der Waals surface area contributed by atoms with Gasteiger partial charge in [0.15, 0.2) is 0 Å². The van der Waals surface area contributed by atoms with Gasteiger partial charge in [-0.25, -0.2) is 8.42 Å². The SMILES string of the molecule is COc1cccc(CNC(=O)C(=O)NC[C@@H]2CCCN2S(=O)(=O)c2cccs2)c1. The topological polar surface area (TPSA) is 105 Å². The number of carbonyl (C=O) groups excluding carboxylic acids is 2. The van der Waals surface area contributed by atoms with Crippen LogP contribution in [0, 0.1) is 0 Å². The molecule has 0 bridgehead atoms. The zero-order valence-corrected chi connectivity index (χ0v) is 17.6. The molecule has 1 aromatic heterocycles. The molecule has 1 aliphatic heterocycles. The molecule has 2 aromatic rings. The number of methoxy groups -OCH3 is 1. The van der Waals surface area contributed by atoms with Gasteiger partial charge in [-0.2, -0.15) is 4.31 Å². The van der Waals surface area contributed by atoms with E-state index in [4.69, 9.17) is 4.74 Å². The van der Waals surface area contributed by atoms with E-state index in [1.165, 1.54) is 15.6 Å². The Morgan fingerprint density at radius 2 is 2.00 bits per heavy atom.